The molecule has 2 N–H and O–H groups in total. The van der Waals surface area contributed by atoms with Gasteiger partial charge in [0.15, 0.2) is 0 Å². The van der Waals surface area contributed by atoms with E-state index in [1.54, 1.807) is 17.5 Å². The summed E-state index contributed by atoms with van der Waals surface area (Å²) in [6.45, 7) is 6.64. The summed E-state index contributed by atoms with van der Waals surface area (Å²) in [7, 11) is 0. The molecule has 0 spiro atoms. The highest BCUT2D eigenvalue weighted by Crippen LogP contribution is 2.18. The molecule has 0 saturated carbocycles. The van der Waals surface area contributed by atoms with Crippen molar-refractivity contribution in [3.63, 3.8) is 0 Å². The molecule has 1 fully saturated rings. The van der Waals surface area contributed by atoms with Crippen LogP contribution >= 0.6 is 11.3 Å². The van der Waals surface area contributed by atoms with Crippen LogP contribution in [0.15, 0.2) is 11.6 Å². The van der Waals surface area contributed by atoms with Crippen molar-refractivity contribution in [2.45, 2.75) is 19.8 Å². The Morgan fingerprint density at radius 1 is 1.71 bits per heavy atom. The molecule has 1 saturated heterocycles. The topological polar surface area (TPSA) is 54.0 Å². The number of carbonyl (C=O) groups excluding carboxylic acids is 1. The molecule has 1 aliphatic heterocycles. The first-order valence-corrected chi connectivity index (χ1v) is 6.94. The van der Waals surface area contributed by atoms with Gasteiger partial charge in [-0.1, -0.05) is 13.8 Å². The highest BCUT2D eigenvalue weighted by atomic mass is 32.1. The Morgan fingerprint density at radius 3 is 3.12 bits per heavy atom. The van der Waals surface area contributed by atoms with Crippen molar-refractivity contribution >= 4 is 17.2 Å². The first-order chi connectivity index (χ1) is 8.18. The Kier molecular flexibility index (Phi) is 4.12. The monoisotopic (exact) mass is 253 g/mol. The molecule has 3 atom stereocenters. The molecule has 1 aromatic heterocycles. The molecule has 1 amide bonds. The summed E-state index contributed by atoms with van der Waals surface area (Å²) in [6, 6.07) is 0. The predicted molar refractivity (Wildman–Crippen MR) is 69.1 cm³/mol. The van der Waals surface area contributed by atoms with E-state index in [0.717, 1.165) is 18.1 Å². The average molecular weight is 253 g/mol. The van der Waals surface area contributed by atoms with Gasteiger partial charge < -0.3 is 10.6 Å². The van der Waals surface area contributed by atoms with E-state index < -0.39 is 0 Å². The van der Waals surface area contributed by atoms with Crippen LogP contribution in [0.2, 0.25) is 0 Å². The summed E-state index contributed by atoms with van der Waals surface area (Å²) in [6.07, 6.45) is 1.81. The van der Waals surface area contributed by atoms with Gasteiger partial charge in [0.25, 0.3) is 0 Å². The van der Waals surface area contributed by atoms with Gasteiger partial charge in [-0.15, -0.1) is 11.3 Å². The molecule has 4 nitrogen and oxygen atoms in total. The molecule has 0 radical (unpaired) electrons. The van der Waals surface area contributed by atoms with Gasteiger partial charge in [0, 0.05) is 30.6 Å². The van der Waals surface area contributed by atoms with Crippen LogP contribution < -0.4 is 10.6 Å². The molecule has 2 heterocycles. The number of amides is 1. The van der Waals surface area contributed by atoms with Gasteiger partial charge in [-0.2, -0.15) is 0 Å². The van der Waals surface area contributed by atoms with Gasteiger partial charge in [0.1, 0.15) is 0 Å². The van der Waals surface area contributed by atoms with E-state index in [9.17, 15) is 4.79 Å². The highest BCUT2D eigenvalue weighted by Gasteiger charge is 2.29. The van der Waals surface area contributed by atoms with Gasteiger partial charge in [0.2, 0.25) is 5.91 Å². The van der Waals surface area contributed by atoms with Gasteiger partial charge in [-0.05, 0) is 12.5 Å². The fourth-order valence-electron chi connectivity index (χ4n) is 2.11. The van der Waals surface area contributed by atoms with E-state index in [1.807, 2.05) is 5.38 Å². The van der Waals surface area contributed by atoms with E-state index in [2.05, 4.69) is 29.5 Å². The minimum atomic E-state index is 0.124. The molecular formula is C12H19N3OS. The molecule has 17 heavy (non-hydrogen) atoms. The Balaban J connectivity index is 1.80. The van der Waals surface area contributed by atoms with E-state index in [1.165, 1.54) is 0 Å². The van der Waals surface area contributed by atoms with Gasteiger partial charge in [0.05, 0.1) is 10.9 Å². The second-order valence-electron chi connectivity index (χ2n) is 4.76. The van der Waals surface area contributed by atoms with Crippen molar-refractivity contribution in [1.82, 2.24) is 15.6 Å². The van der Waals surface area contributed by atoms with E-state index in [-0.39, 0.29) is 11.8 Å². The lowest BCUT2D eigenvalue weighted by molar-refractivity contribution is -0.125. The lowest BCUT2D eigenvalue weighted by Gasteiger charge is -2.16. The minimum Gasteiger partial charge on any atom is -0.355 e. The van der Waals surface area contributed by atoms with Gasteiger partial charge >= 0.3 is 0 Å². The van der Waals surface area contributed by atoms with Crippen molar-refractivity contribution < 1.29 is 4.79 Å². The van der Waals surface area contributed by atoms with Crippen molar-refractivity contribution in [2.75, 3.05) is 19.6 Å². The number of carbonyl (C=O) groups is 1. The quantitative estimate of drug-likeness (QED) is 0.848. The lowest BCUT2D eigenvalue weighted by atomic mass is 9.97. The predicted octanol–water partition coefficient (Wildman–Crippen LogP) is 1.22. The second-order valence-corrected chi connectivity index (χ2v) is 5.68. The van der Waals surface area contributed by atoms with Crippen LogP contribution in [0.4, 0.5) is 0 Å². The van der Waals surface area contributed by atoms with Crippen LogP contribution in [-0.4, -0.2) is 30.5 Å². The first-order valence-electron chi connectivity index (χ1n) is 6.06. The fourth-order valence-corrected chi connectivity index (χ4v) is 2.81. The average Bonchev–Trinajstić information content (AvgIpc) is 2.95. The summed E-state index contributed by atoms with van der Waals surface area (Å²) < 4.78 is 0. The molecule has 0 aliphatic carbocycles. The molecular weight excluding hydrogens is 234 g/mol. The maximum absolute atomic E-state index is 12.0. The van der Waals surface area contributed by atoms with Gasteiger partial charge in [-0.25, -0.2) is 4.98 Å². The highest BCUT2D eigenvalue weighted by molar-refractivity contribution is 7.09. The van der Waals surface area contributed by atoms with Crippen molar-refractivity contribution in [3.8, 4) is 0 Å². The van der Waals surface area contributed by atoms with Crippen LogP contribution in [0.5, 0.6) is 0 Å². The number of hydrogen-bond donors (Lipinski definition) is 2. The molecule has 1 aromatic rings. The van der Waals surface area contributed by atoms with Crippen molar-refractivity contribution in [2.24, 2.45) is 11.8 Å². The zero-order valence-electron chi connectivity index (χ0n) is 10.3. The molecule has 3 unspecified atom stereocenters. The van der Waals surface area contributed by atoms with E-state index in [0.29, 0.717) is 18.4 Å². The molecule has 2 rings (SSSR count). The third-order valence-electron chi connectivity index (χ3n) is 3.31. The number of hydrogen-bond acceptors (Lipinski definition) is 4. The lowest BCUT2D eigenvalue weighted by Crippen LogP contribution is -2.36. The van der Waals surface area contributed by atoms with Gasteiger partial charge in [-0.3, -0.25) is 4.79 Å². The largest absolute Gasteiger partial charge is 0.355 e. The van der Waals surface area contributed by atoms with Crippen LogP contribution in [0, 0.1) is 11.8 Å². The van der Waals surface area contributed by atoms with Crippen molar-refractivity contribution in [3.05, 3.63) is 16.6 Å². The second kappa shape index (κ2) is 5.60. The zero-order chi connectivity index (χ0) is 12.3. The normalized spacial score (nSPS) is 25.8. The molecule has 94 valence electrons. The maximum Gasteiger partial charge on any atom is 0.224 e. The smallest absolute Gasteiger partial charge is 0.224 e. The Morgan fingerprint density at radius 2 is 2.53 bits per heavy atom. The Hall–Kier alpha value is -0.940. The zero-order valence-corrected chi connectivity index (χ0v) is 11.1. The van der Waals surface area contributed by atoms with E-state index in [4.69, 9.17) is 0 Å². The van der Waals surface area contributed by atoms with E-state index >= 15 is 0 Å². The minimum absolute atomic E-state index is 0.124. The number of nitrogens with zero attached hydrogens (tertiary/aromatic N) is 1. The standard InChI is InChI=1S/C12H19N3OS/c1-8-5-13-7-10(8)11(16)15-6-9(2)12-14-3-4-17-12/h3-4,8-10,13H,5-7H2,1-2H3,(H,15,16). The molecule has 0 bridgehead atoms. The molecule has 1 aliphatic rings. The van der Waals surface area contributed by atoms with Crippen LogP contribution in [0.3, 0.4) is 0 Å². The summed E-state index contributed by atoms with van der Waals surface area (Å²) in [4.78, 5) is 16.2. The Labute approximate surface area is 106 Å². The summed E-state index contributed by atoms with van der Waals surface area (Å²) in [5.74, 6) is 1.03. The third kappa shape index (κ3) is 3.04. The number of aromatic nitrogens is 1. The number of thiazole rings is 1. The Bertz CT molecular complexity index is 366. The third-order valence-corrected chi connectivity index (χ3v) is 4.32. The first kappa shape index (κ1) is 12.5. The molecule has 0 aromatic carbocycles. The summed E-state index contributed by atoms with van der Waals surface area (Å²) in [5.41, 5.74) is 0. The fraction of sp³-hybridized carbons (Fsp3) is 0.667. The van der Waals surface area contributed by atoms with Crippen LogP contribution in [0.25, 0.3) is 0 Å². The number of rotatable bonds is 4. The summed E-state index contributed by atoms with van der Waals surface area (Å²) >= 11 is 1.64. The SMILES string of the molecule is CC(CNC(=O)C1CNCC1C)c1nccs1. The summed E-state index contributed by atoms with van der Waals surface area (Å²) in [5, 5.41) is 9.33. The molecule has 5 heteroatoms. The van der Waals surface area contributed by atoms with Crippen LogP contribution in [0.1, 0.15) is 24.8 Å². The van der Waals surface area contributed by atoms with Crippen LogP contribution in [-0.2, 0) is 4.79 Å². The van der Waals surface area contributed by atoms with Crippen molar-refractivity contribution in [1.29, 1.82) is 0 Å². The maximum atomic E-state index is 12.0. The number of nitrogens with one attached hydrogen (secondary N) is 2.